The fourth-order valence-electron chi connectivity index (χ4n) is 2.79. The highest BCUT2D eigenvalue weighted by Crippen LogP contribution is 2.26. The maximum atomic E-state index is 12.0. The summed E-state index contributed by atoms with van der Waals surface area (Å²) in [5, 5.41) is 13.5. The van der Waals surface area contributed by atoms with Crippen LogP contribution in [0, 0.1) is 0 Å². The van der Waals surface area contributed by atoms with Gasteiger partial charge in [-0.3, -0.25) is 4.79 Å². The summed E-state index contributed by atoms with van der Waals surface area (Å²) >= 11 is 5.82. The zero-order valence-electron chi connectivity index (χ0n) is 13.3. The zero-order chi connectivity index (χ0) is 16.9. The van der Waals surface area contributed by atoms with Crippen molar-refractivity contribution in [3.63, 3.8) is 0 Å². The van der Waals surface area contributed by atoms with Gasteiger partial charge in [-0.2, -0.15) is 0 Å². The molecule has 5 heteroatoms. The van der Waals surface area contributed by atoms with E-state index in [0.29, 0.717) is 17.1 Å². The Bertz CT molecular complexity index is 715. The molecule has 2 aromatic rings. The van der Waals surface area contributed by atoms with E-state index in [2.05, 4.69) is 11.4 Å². The molecule has 126 valence electrons. The van der Waals surface area contributed by atoms with E-state index in [9.17, 15) is 9.90 Å². The monoisotopic (exact) mass is 345 g/mol. The molecule has 0 saturated carbocycles. The third kappa shape index (κ3) is 4.28. The largest absolute Gasteiger partial charge is 0.493 e. The molecule has 0 spiro atoms. The smallest absolute Gasteiger partial charge is 0.222 e. The molecular weight excluding hydrogens is 326 g/mol. The number of aliphatic hydroxyl groups excluding tert-OH is 1. The molecule has 0 radical (unpaired) electrons. The lowest BCUT2D eigenvalue weighted by atomic mass is 10.1. The number of hydrogen-bond acceptors (Lipinski definition) is 3. The molecule has 0 saturated heterocycles. The molecule has 0 aromatic heterocycles. The molecule has 1 amide bonds. The highest BCUT2D eigenvalue weighted by molar-refractivity contribution is 6.30. The number of hydrogen-bond donors (Lipinski definition) is 2. The van der Waals surface area contributed by atoms with Crippen LogP contribution in [0.1, 0.15) is 29.2 Å². The second-order valence-electron chi connectivity index (χ2n) is 5.91. The lowest BCUT2D eigenvalue weighted by Gasteiger charge is -2.11. The molecule has 2 N–H and O–H groups in total. The van der Waals surface area contributed by atoms with Gasteiger partial charge in [-0.05, 0) is 41.3 Å². The summed E-state index contributed by atoms with van der Waals surface area (Å²) in [6.45, 7) is 1.30. The fraction of sp³-hybridized carbons (Fsp3) is 0.316. The zero-order valence-corrected chi connectivity index (χ0v) is 14.1. The molecule has 0 bridgehead atoms. The number of amides is 1. The van der Waals surface area contributed by atoms with Gasteiger partial charge in [-0.25, -0.2) is 0 Å². The quantitative estimate of drug-likeness (QED) is 0.846. The van der Waals surface area contributed by atoms with Crippen molar-refractivity contribution in [2.45, 2.75) is 25.4 Å². The van der Waals surface area contributed by atoms with Gasteiger partial charge in [0.15, 0.2) is 0 Å². The highest BCUT2D eigenvalue weighted by atomic mass is 35.5. The lowest BCUT2D eigenvalue weighted by molar-refractivity contribution is -0.123. The predicted octanol–water partition coefficient (Wildman–Crippen LogP) is 3.06. The van der Waals surface area contributed by atoms with E-state index in [1.807, 2.05) is 12.1 Å². The normalized spacial score (nSPS) is 13.9. The molecule has 0 fully saturated rings. The molecule has 1 aliphatic rings. The van der Waals surface area contributed by atoms with E-state index in [4.69, 9.17) is 16.3 Å². The number of aliphatic hydroxyl groups is 1. The van der Waals surface area contributed by atoms with Gasteiger partial charge in [-0.15, -0.1) is 0 Å². The molecule has 1 unspecified atom stereocenters. The van der Waals surface area contributed by atoms with Gasteiger partial charge in [0.2, 0.25) is 5.91 Å². The number of nitrogens with one attached hydrogen (secondary N) is 1. The van der Waals surface area contributed by atoms with E-state index in [0.717, 1.165) is 25.2 Å². The molecule has 2 aromatic carbocycles. The third-order valence-corrected chi connectivity index (χ3v) is 4.38. The molecular formula is C19H20ClNO3. The van der Waals surface area contributed by atoms with Crippen LogP contribution in [0.5, 0.6) is 5.75 Å². The summed E-state index contributed by atoms with van der Waals surface area (Å²) in [6, 6.07) is 13.0. The SMILES string of the molecule is O=C(CC(O)c1ccc(Cl)cc1)NCCc1ccc2c(c1)CCO2. The van der Waals surface area contributed by atoms with Gasteiger partial charge >= 0.3 is 0 Å². The minimum absolute atomic E-state index is 0.0413. The predicted molar refractivity (Wildman–Crippen MR) is 93.4 cm³/mol. The summed E-state index contributed by atoms with van der Waals surface area (Å²) in [4.78, 5) is 12.0. The lowest BCUT2D eigenvalue weighted by Crippen LogP contribution is -2.27. The van der Waals surface area contributed by atoms with Crippen molar-refractivity contribution in [1.29, 1.82) is 0 Å². The van der Waals surface area contributed by atoms with Crippen molar-refractivity contribution in [1.82, 2.24) is 5.32 Å². The minimum atomic E-state index is -0.820. The van der Waals surface area contributed by atoms with Crippen molar-refractivity contribution in [2.75, 3.05) is 13.2 Å². The first kappa shape index (κ1) is 16.8. The van der Waals surface area contributed by atoms with Gasteiger partial charge in [0.1, 0.15) is 5.75 Å². The number of halogens is 1. The number of carbonyl (C=O) groups excluding carboxylic acids is 1. The Morgan fingerprint density at radius 3 is 2.83 bits per heavy atom. The first-order valence-electron chi connectivity index (χ1n) is 8.06. The third-order valence-electron chi connectivity index (χ3n) is 4.12. The van der Waals surface area contributed by atoms with Gasteiger partial charge in [0, 0.05) is 18.0 Å². The summed E-state index contributed by atoms with van der Waals surface area (Å²) in [5.41, 5.74) is 3.10. The van der Waals surface area contributed by atoms with Crippen LogP contribution in [0.3, 0.4) is 0 Å². The Balaban J connectivity index is 1.44. The molecule has 1 atom stereocenters. The van der Waals surface area contributed by atoms with Gasteiger partial charge in [-0.1, -0.05) is 35.9 Å². The topological polar surface area (TPSA) is 58.6 Å². The van der Waals surface area contributed by atoms with Gasteiger partial charge < -0.3 is 15.2 Å². The molecule has 1 aliphatic heterocycles. The number of benzene rings is 2. The van der Waals surface area contributed by atoms with E-state index in [-0.39, 0.29) is 12.3 Å². The average molecular weight is 346 g/mol. The second kappa shape index (κ2) is 7.69. The maximum Gasteiger partial charge on any atom is 0.222 e. The van der Waals surface area contributed by atoms with Crippen LogP contribution < -0.4 is 10.1 Å². The first-order valence-corrected chi connectivity index (χ1v) is 8.44. The van der Waals surface area contributed by atoms with Crippen molar-refractivity contribution in [2.24, 2.45) is 0 Å². The van der Waals surface area contributed by atoms with E-state index in [1.165, 1.54) is 11.1 Å². The van der Waals surface area contributed by atoms with Crippen LogP contribution >= 0.6 is 11.6 Å². The average Bonchev–Trinajstić information content (AvgIpc) is 3.03. The van der Waals surface area contributed by atoms with Crippen LogP contribution in [0.4, 0.5) is 0 Å². The maximum absolute atomic E-state index is 12.0. The standard InChI is InChI=1S/C19H20ClNO3/c20-16-4-2-14(3-5-16)17(22)12-19(23)21-9-7-13-1-6-18-15(11-13)8-10-24-18/h1-6,11,17,22H,7-10,12H2,(H,21,23). The first-order chi connectivity index (χ1) is 11.6. The van der Waals surface area contributed by atoms with Crippen LogP contribution in [0.15, 0.2) is 42.5 Å². The van der Waals surface area contributed by atoms with Crippen LogP contribution in [0.2, 0.25) is 5.02 Å². The van der Waals surface area contributed by atoms with Crippen LogP contribution in [0.25, 0.3) is 0 Å². The van der Waals surface area contributed by atoms with Crippen molar-refractivity contribution >= 4 is 17.5 Å². The molecule has 0 aliphatic carbocycles. The Morgan fingerprint density at radius 1 is 1.25 bits per heavy atom. The van der Waals surface area contributed by atoms with Crippen molar-refractivity contribution < 1.29 is 14.6 Å². The fourth-order valence-corrected chi connectivity index (χ4v) is 2.92. The molecule has 1 heterocycles. The Morgan fingerprint density at radius 2 is 2.04 bits per heavy atom. The summed E-state index contributed by atoms with van der Waals surface area (Å²) in [5.74, 6) is 0.802. The van der Waals surface area contributed by atoms with Crippen molar-refractivity contribution in [3.8, 4) is 5.75 Å². The Kier molecular flexibility index (Phi) is 5.38. The molecule has 24 heavy (non-hydrogen) atoms. The Hall–Kier alpha value is -2.04. The summed E-state index contributed by atoms with van der Waals surface area (Å²) in [7, 11) is 0. The van der Waals surface area contributed by atoms with Crippen LogP contribution in [-0.4, -0.2) is 24.2 Å². The van der Waals surface area contributed by atoms with Crippen molar-refractivity contribution in [3.05, 3.63) is 64.2 Å². The Labute approximate surface area is 146 Å². The van der Waals surface area contributed by atoms with E-state index >= 15 is 0 Å². The molecule has 4 nitrogen and oxygen atoms in total. The number of ether oxygens (including phenoxy) is 1. The number of rotatable bonds is 6. The van der Waals surface area contributed by atoms with E-state index < -0.39 is 6.10 Å². The van der Waals surface area contributed by atoms with E-state index in [1.54, 1.807) is 24.3 Å². The minimum Gasteiger partial charge on any atom is -0.493 e. The summed E-state index contributed by atoms with van der Waals surface area (Å²) in [6.07, 6.45) is 0.929. The number of carbonyl (C=O) groups is 1. The number of fused-ring (bicyclic) bond motifs is 1. The van der Waals surface area contributed by atoms with Crippen LogP contribution in [-0.2, 0) is 17.6 Å². The second-order valence-corrected chi connectivity index (χ2v) is 6.35. The highest BCUT2D eigenvalue weighted by Gasteiger charge is 2.14. The van der Waals surface area contributed by atoms with Gasteiger partial charge in [0.05, 0.1) is 19.1 Å². The van der Waals surface area contributed by atoms with Gasteiger partial charge in [0.25, 0.3) is 0 Å². The molecule has 3 rings (SSSR count). The summed E-state index contributed by atoms with van der Waals surface area (Å²) < 4.78 is 5.48.